The van der Waals surface area contributed by atoms with Gasteiger partial charge in [0.2, 0.25) is 0 Å². The first-order valence-corrected chi connectivity index (χ1v) is 9.01. The fourth-order valence-electron chi connectivity index (χ4n) is 3.33. The van der Waals surface area contributed by atoms with Crippen molar-refractivity contribution >= 4 is 36.0 Å². The minimum Gasteiger partial charge on any atom is -0.450 e. The molecule has 2 aliphatic heterocycles. The van der Waals surface area contributed by atoms with Gasteiger partial charge in [-0.25, -0.2) is 4.79 Å². The molecule has 158 valence electrons. The monoisotopic (exact) mass is 507 g/mol. The largest absolute Gasteiger partial charge is 0.450 e. The molecule has 2 heterocycles. The normalized spacial score (nSPS) is 22.3. The van der Waals surface area contributed by atoms with Gasteiger partial charge >= 0.3 is 12.3 Å². The molecule has 2 rings (SSSR count). The van der Waals surface area contributed by atoms with Crippen LogP contribution in [-0.2, 0) is 4.74 Å². The van der Waals surface area contributed by atoms with Gasteiger partial charge in [0.15, 0.2) is 5.96 Å². The molecule has 0 aromatic carbocycles. The van der Waals surface area contributed by atoms with Gasteiger partial charge in [-0.1, -0.05) is 0 Å². The molecule has 0 aromatic heterocycles. The van der Waals surface area contributed by atoms with Crippen molar-refractivity contribution in [2.45, 2.75) is 44.4 Å². The van der Waals surface area contributed by atoms with E-state index in [9.17, 15) is 18.0 Å². The molecule has 7 nitrogen and oxygen atoms in total. The third-order valence-corrected chi connectivity index (χ3v) is 4.60. The van der Waals surface area contributed by atoms with E-state index >= 15 is 0 Å². The van der Waals surface area contributed by atoms with E-state index in [0.717, 1.165) is 12.8 Å². The van der Waals surface area contributed by atoms with Crippen molar-refractivity contribution in [1.82, 2.24) is 20.4 Å². The molecule has 0 aliphatic carbocycles. The van der Waals surface area contributed by atoms with E-state index in [0.29, 0.717) is 45.2 Å². The Labute approximate surface area is 175 Å². The van der Waals surface area contributed by atoms with Crippen LogP contribution in [0.3, 0.4) is 0 Å². The summed E-state index contributed by atoms with van der Waals surface area (Å²) in [6.07, 6.45) is -2.27. The quantitative estimate of drug-likeness (QED) is 0.347. The van der Waals surface area contributed by atoms with E-state index in [2.05, 4.69) is 15.6 Å². The number of ether oxygens (including phenoxy) is 1. The Morgan fingerprint density at radius 2 is 1.74 bits per heavy atom. The summed E-state index contributed by atoms with van der Waals surface area (Å²) in [6, 6.07) is 0.114. The van der Waals surface area contributed by atoms with Gasteiger partial charge in [0.25, 0.3) is 0 Å². The highest BCUT2D eigenvalue weighted by Crippen LogP contribution is 2.20. The lowest BCUT2D eigenvalue weighted by atomic mass is 10.1. The number of guanidine groups is 1. The van der Waals surface area contributed by atoms with Gasteiger partial charge in [-0.05, 0) is 26.2 Å². The van der Waals surface area contributed by atoms with E-state index < -0.39 is 12.7 Å². The number of amides is 1. The number of carbonyl (C=O) groups excluding carboxylic acids is 1. The number of carbonyl (C=O) groups is 1. The number of hydrogen-bond donors (Lipinski definition) is 2. The van der Waals surface area contributed by atoms with Crippen LogP contribution in [0.4, 0.5) is 18.0 Å². The van der Waals surface area contributed by atoms with Crippen LogP contribution in [0.1, 0.15) is 26.2 Å². The number of alkyl halides is 3. The molecular weight excluding hydrogens is 478 g/mol. The Balaban J connectivity index is 0.00000364. The number of likely N-dealkylation sites (tertiary alicyclic amines) is 2. The number of nitrogens with zero attached hydrogens (tertiary/aromatic N) is 3. The summed E-state index contributed by atoms with van der Waals surface area (Å²) >= 11 is 0. The third kappa shape index (κ3) is 8.28. The maximum absolute atomic E-state index is 12.5. The smallest absolute Gasteiger partial charge is 0.409 e. The maximum atomic E-state index is 12.5. The average molecular weight is 507 g/mol. The number of halogens is 4. The minimum atomic E-state index is -4.16. The highest BCUT2D eigenvalue weighted by molar-refractivity contribution is 14.0. The van der Waals surface area contributed by atoms with E-state index in [1.807, 2.05) is 0 Å². The van der Waals surface area contributed by atoms with Gasteiger partial charge in [-0.2, -0.15) is 13.2 Å². The Morgan fingerprint density at radius 1 is 1.15 bits per heavy atom. The van der Waals surface area contributed by atoms with Crippen molar-refractivity contribution in [2.75, 3.05) is 46.4 Å². The van der Waals surface area contributed by atoms with Gasteiger partial charge in [0, 0.05) is 45.3 Å². The first kappa shape index (κ1) is 24.1. The summed E-state index contributed by atoms with van der Waals surface area (Å²) in [4.78, 5) is 19.0. The molecule has 0 spiro atoms. The Hall–Kier alpha value is -0.980. The molecule has 1 unspecified atom stereocenters. The van der Waals surface area contributed by atoms with Crippen LogP contribution in [0.2, 0.25) is 0 Å². The van der Waals surface area contributed by atoms with Crippen LogP contribution in [0.15, 0.2) is 4.99 Å². The summed E-state index contributed by atoms with van der Waals surface area (Å²) < 4.78 is 42.4. The molecule has 11 heteroatoms. The fraction of sp³-hybridized carbons (Fsp3) is 0.875. The molecule has 1 atom stereocenters. The molecule has 2 saturated heterocycles. The van der Waals surface area contributed by atoms with Gasteiger partial charge in [-0.15, -0.1) is 24.0 Å². The molecular formula is C16H29F3IN5O2. The lowest BCUT2D eigenvalue weighted by Gasteiger charge is -2.32. The zero-order valence-corrected chi connectivity index (χ0v) is 18.0. The SMILES string of the molecule is CCOC(=O)N1CCC(NC(=NC)NC2CCN(CC(F)(F)F)C2)CC1.I. The van der Waals surface area contributed by atoms with Crippen molar-refractivity contribution in [3.05, 3.63) is 0 Å². The summed E-state index contributed by atoms with van der Waals surface area (Å²) in [5.74, 6) is 0.596. The van der Waals surface area contributed by atoms with Crippen molar-refractivity contribution in [2.24, 2.45) is 4.99 Å². The molecule has 2 N–H and O–H groups in total. The first-order valence-electron chi connectivity index (χ1n) is 9.01. The number of aliphatic imine (C=N–C) groups is 1. The predicted molar refractivity (Wildman–Crippen MR) is 108 cm³/mol. The summed E-state index contributed by atoms with van der Waals surface area (Å²) in [7, 11) is 1.64. The van der Waals surface area contributed by atoms with E-state index in [4.69, 9.17) is 4.74 Å². The number of piperidine rings is 1. The van der Waals surface area contributed by atoms with Gasteiger partial charge < -0.3 is 20.3 Å². The second-order valence-corrected chi connectivity index (χ2v) is 6.66. The van der Waals surface area contributed by atoms with E-state index in [-0.39, 0.29) is 42.2 Å². The summed E-state index contributed by atoms with van der Waals surface area (Å²) in [5, 5.41) is 6.51. The standard InChI is InChI=1S/C16H28F3N5O2.HI/c1-3-26-15(25)24-8-5-12(6-9-24)21-14(20-2)22-13-4-7-23(10-13)11-16(17,18)19;/h12-13H,3-11H2,1-2H3,(H2,20,21,22);1H. The van der Waals surface area contributed by atoms with Gasteiger partial charge in [0.05, 0.1) is 13.2 Å². The molecule has 0 aromatic rings. The molecule has 2 fully saturated rings. The fourth-order valence-corrected chi connectivity index (χ4v) is 3.33. The summed E-state index contributed by atoms with van der Waals surface area (Å²) in [5.41, 5.74) is 0. The van der Waals surface area contributed by atoms with E-state index in [1.165, 1.54) is 4.90 Å². The molecule has 2 aliphatic rings. The van der Waals surface area contributed by atoms with Crippen LogP contribution >= 0.6 is 24.0 Å². The Kier molecular flexibility index (Phi) is 9.91. The van der Waals surface area contributed by atoms with Crippen molar-refractivity contribution < 1.29 is 22.7 Å². The van der Waals surface area contributed by atoms with Crippen LogP contribution < -0.4 is 10.6 Å². The van der Waals surface area contributed by atoms with Crippen LogP contribution in [0, 0.1) is 0 Å². The lowest BCUT2D eigenvalue weighted by Crippen LogP contribution is -2.52. The second-order valence-electron chi connectivity index (χ2n) is 6.66. The van der Waals surface area contributed by atoms with Crippen molar-refractivity contribution in [3.63, 3.8) is 0 Å². The average Bonchev–Trinajstić information content (AvgIpc) is 3.00. The Bertz CT molecular complexity index is 499. The van der Waals surface area contributed by atoms with Crippen LogP contribution in [0.5, 0.6) is 0 Å². The predicted octanol–water partition coefficient (Wildman–Crippen LogP) is 2.03. The zero-order chi connectivity index (χ0) is 19.2. The molecule has 27 heavy (non-hydrogen) atoms. The zero-order valence-electron chi connectivity index (χ0n) is 15.7. The van der Waals surface area contributed by atoms with Crippen LogP contribution in [-0.4, -0.2) is 86.5 Å². The first-order chi connectivity index (χ1) is 12.3. The van der Waals surface area contributed by atoms with Crippen molar-refractivity contribution in [3.8, 4) is 0 Å². The molecule has 0 saturated carbocycles. The number of nitrogens with one attached hydrogen (secondary N) is 2. The third-order valence-electron chi connectivity index (χ3n) is 4.60. The molecule has 1 amide bonds. The topological polar surface area (TPSA) is 69.2 Å². The highest BCUT2D eigenvalue weighted by atomic mass is 127. The number of rotatable bonds is 4. The lowest BCUT2D eigenvalue weighted by molar-refractivity contribution is -0.143. The molecule has 0 radical (unpaired) electrons. The maximum Gasteiger partial charge on any atom is 0.409 e. The van der Waals surface area contributed by atoms with Gasteiger partial charge in [0.1, 0.15) is 0 Å². The summed E-state index contributed by atoms with van der Waals surface area (Å²) in [6.45, 7) is 3.25. The van der Waals surface area contributed by atoms with Crippen molar-refractivity contribution in [1.29, 1.82) is 0 Å². The Morgan fingerprint density at radius 3 is 2.30 bits per heavy atom. The molecule has 0 bridgehead atoms. The van der Waals surface area contributed by atoms with Crippen LogP contribution in [0.25, 0.3) is 0 Å². The highest BCUT2D eigenvalue weighted by Gasteiger charge is 2.34. The van der Waals surface area contributed by atoms with E-state index in [1.54, 1.807) is 18.9 Å². The minimum absolute atomic E-state index is 0. The number of hydrogen-bond acceptors (Lipinski definition) is 4. The second kappa shape index (κ2) is 11.1. The van der Waals surface area contributed by atoms with Gasteiger partial charge in [-0.3, -0.25) is 9.89 Å².